The summed E-state index contributed by atoms with van der Waals surface area (Å²) in [6, 6.07) is 0.253. The van der Waals surface area contributed by atoms with Gasteiger partial charge in [0.15, 0.2) is 5.78 Å². The normalized spacial score (nSPS) is 22.3. The zero-order valence-corrected chi connectivity index (χ0v) is 12.7. The fourth-order valence-corrected chi connectivity index (χ4v) is 2.84. The molecule has 1 fully saturated rings. The molecule has 2 aromatic rings. The van der Waals surface area contributed by atoms with Gasteiger partial charge in [-0.2, -0.15) is 0 Å². The highest BCUT2D eigenvalue weighted by atomic mass is 19.1. The molecule has 120 valence electrons. The van der Waals surface area contributed by atoms with Crippen LogP contribution in [0.5, 0.6) is 5.75 Å². The Morgan fingerprint density at radius 1 is 1.39 bits per heavy atom. The highest BCUT2D eigenvalue weighted by Gasteiger charge is 2.31. The van der Waals surface area contributed by atoms with E-state index in [1.54, 1.807) is 0 Å². The topological polar surface area (TPSA) is 78.3 Å². The maximum absolute atomic E-state index is 13.6. The third-order valence-corrected chi connectivity index (χ3v) is 3.88. The summed E-state index contributed by atoms with van der Waals surface area (Å²) in [6.45, 7) is 1.47. The van der Waals surface area contributed by atoms with Crippen molar-refractivity contribution in [3.63, 3.8) is 0 Å². The Bertz CT molecular complexity index is 940. The maximum Gasteiger partial charge on any atom is 0.265 e. The molecule has 1 heterocycles. The molecular weight excluding hydrogens is 303 g/mol. The predicted octanol–water partition coefficient (Wildman–Crippen LogP) is 1.72. The molecule has 23 heavy (non-hydrogen) atoms. The maximum atomic E-state index is 13.6. The van der Waals surface area contributed by atoms with Crippen molar-refractivity contribution in [2.75, 3.05) is 7.11 Å². The summed E-state index contributed by atoms with van der Waals surface area (Å²) in [5.41, 5.74) is -0.569. The third kappa shape index (κ3) is 2.52. The predicted molar refractivity (Wildman–Crippen MR) is 80.2 cm³/mol. The number of fused-ring (bicyclic) bond motifs is 1. The smallest absolute Gasteiger partial charge is 0.265 e. The molecule has 0 amide bonds. The lowest BCUT2D eigenvalue weighted by Crippen LogP contribution is -2.36. The Hall–Kier alpha value is -2.57. The quantitative estimate of drug-likeness (QED) is 0.788. The van der Waals surface area contributed by atoms with Crippen molar-refractivity contribution in [3.8, 4) is 5.75 Å². The second-order valence-corrected chi connectivity index (χ2v) is 5.39. The Morgan fingerprint density at radius 2 is 2.13 bits per heavy atom. The number of ketones is 2. The summed E-state index contributed by atoms with van der Waals surface area (Å²) >= 11 is 0. The average molecular weight is 319 g/mol. The summed E-state index contributed by atoms with van der Waals surface area (Å²) in [4.78, 5) is 40.8. The third-order valence-electron chi connectivity index (χ3n) is 3.88. The van der Waals surface area contributed by atoms with E-state index in [2.05, 4.69) is 4.98 Å². The largest absolute Gasteiger partial charge is 0.496 e. The van der Waals surface area contributed by atoms with Crippen LogP contribution in [0.2, 0.25) is 0 Å². The van der Waals surface area contributed by atoms with Crippen molar-refractivity contribution in [1.82, 2.24) is 9.55 Å². The minimum Gasteiger partial charge on any atom is -0.496 e. The zero-order valence-electron chi connectivity index (χ0n) is 13.7. The van der Waals surface area contributed by atoms with Gasteiger partial charge in [-0.25, -0.2) is 9.37 Å². The van der Waals surface area contributed by atoms with E-state index in [4.69, 9.17) is 6.11 Å². The number of nitrogens with zero attached hydrogens (tertiary/aromatic N) is 2. The van der Waals surface area contributed by atoms with Crippen LogP contribution in [0.1, 0.15) is 32.5 Å². The Kier molecular flexibility index (Phi) is 3.40. The molecule has 1 aliphatic rings. The summed E-state index contributed by atoms with van der Waals surface area (Å²) in [6.07, 6.45) is -0.435. The van der Waals surface area contributed by atoms with Crippen molar-refractivity contribution >= 4 is 22.5 Å². The SMILES string of the molecule is [2H][C@]1(n2c(C)nc3cc(F)cc(OC)c3c2=O)CCC(=O)CC1=O. The first-order chi connectivity index (χ1) is 11.3. The molecule has 3 rings (SSSR count). The molecule has 1 saturated carbocycles. The number of rotatable bonds is 2. The Morgan fingerprint density at radius 3 is 2.78 bits per heavy atom. The van der Waals surface area contributed by atoms with Crippen LogP contribution in [0.3, 0.4) is 0 Å². The Labute approximate surface area is 132 Å². The first-order valence-corrected chi connectivity index (χ1v) is 7.10. The van der Waals surface area contributed by atoms with Gasteiger partial charge in [-0.15, -0.1) is 0 Å². The first kappa shape index (κ1) is 14.0. The highest BCUT2D eigenvalue weighted by molar-refractivity contribution is 6.03. The van der Waals surface area contributed by atoms with Crippen LogP contribution in [0.4, 0.5) is 4.39 Å². The highest BCUT2D eigenvalue weighted by Crippen LogP contribution is 2.27. The van der Waals surface area contributed by atoms with E-state index in [0.29, 0.717) is 0 Å². The molecule has 0 N–H and O–H groups in total. The molecular formula is C16H15FN2O4. The van der Waals surface area contributed by atoms with Gasteiger partial charge in [0.05, 0.1) is 26.4 Å². The summed E-state index contributed by atoms with van der Waals surface area (Å²) in [7, 11) is 1.29. The molecule has 0 aliphatic heterocycles. The van der Waals surface area contributed by atoms with E-state index in [0.717, 1.165) is 16.7 Å². The number of carbonyl (C=O) groups excluding carboxylic acids is 2. The standard InChI is InChI=1S/C16H15FN2O4/c1-8-18-11-5-9(17)6-14(23-2)15(11)16(22)19(8)12-4-3-10(20)7-13(12)21/h5-6,12H,3-4,7H2,1-2H3/t12-/m0/s1/i12D. The lowest BCUT2D eigenvalue weighted by molar-refractivity contribution is -0.132. The van der Waals surface area contributed by atoms with Crippen LogP contribution >= 0.6 is 0 Å². The van der Waals surface area contributed by atoms with E-state index < -0.39 is 23.2 Å². The second kappa shape index (κ2) is 5.57. The van der Waals surface area contributed by atoms with E-state index >= 15 is 0 Å². The van der Waals surface area contributed by atoms with Gasteiger partial charge in [-0.3, -0.25) is 19.0 Å². The van der Waals surface area contributed by atoms with Crippen LogP contribution in [-0.2, 0) is 9.59 Å². The number of aryl methyl sites for hydroxylation is 1. The van der Waals surface area contributed by atoms with Gasteiger partial charge < -0.3 is 4.74 Å². The molecule has 0 saturated heterocycles. The average Bonchev–Trinajstić information content (AvgIpc) is 2.50. The monoisotopic (exact) mass is 319 g/mol. The Balaban J connectivity index is 2.34. The molecule has 7 heteroatoms. The minimum absolute atomic E-state index is 0.000764. The lowest BCUT2D eigenvalue weighted by atomic mass is 9.92. The number of carbonyl (C=O) groups is 2. The zero-order chi connectivity index (χ0) is 17.6. The van der Waals surface area contributed by atoms with Gasteiger partial charge in [0, 0.05) is 18.6 Å². The number of hydrogen-bond donors (Lipinski definition) is 0. The number of aromatic nitrogens is 2. The van der Waals surface area contributed by atoms with Crippen LogP contribution in [0.25, 0.3) is 10.9 Å². The number of ether oxygens (including phenoxy) is 1. The molecule has 1 atom stereocenters. The van der Waals surface area contributed by atoms with E-state index in [1.807, 2.05) is 0 Å². The van der Waals surface area contributed by atoms with Gasteiger partial charge >= 0.3 is 0 Å². The van der Waals surface area contributed by atoms with Gasteiger partial charge in [0.25, 0.3) is 5.56 Å². The van der Waals surface area contributed by atoms with E-state index in [1.165, 1.54) is 14.0 Å². The van der Waals surface area contributed by atoms with Crippen LogP contribution < -0.4 is 10.3 Å². The van der Waals surface area contributed by atoms with Crippen molar-refractivity contribution < 1.29 is 20.1 Å². The fraction of sp³-hybridized carbons (Fsp3) is 0.375. The molecule has 6 nitrogen and oxygen atoms in total. The van der Waals surface area contributed by atoms with Gasteiger partial charge in [-0.05, 0) is 13.3 Å². The molecule has 0 bridgehead atoms. The van der Waals surface area contributed by atoms with E-state index in [-0.39, 0.29) is 47.5 Å². The van der Waals surface area contributed by atoms with Crippen LogP contribution in [-0.4, -0.2) is 28.2 Å². The first-order valence-electron chi connectivity index (χ1n) is 7.60. The number of hydrogen-bond acceptors (Lipinski definition) is 5. The van der Waals surface area contributed by atoms with Gasteiger partial charge in [-0.1, -0.05) is 0 Å². The van der Waals surface area contributed by atoms with Gasteiger partial charge in [0.2, 0.25) is 0 Å². The summed E-state index contributed by atoms with van der Waals surface area (Å²) in [5, 5.41) is 0.000764. The number of halogens is 1. The van der Waals surface area contributed by atoms with Crippen LogP contribution in [0, 0.1) is 12.7 Å². The molecule has 1 aromatic carbocycles. The number of methoxy groups -OCH3 is 1. The molecule has 1 aliphatic carbocycles. The van der Waals surface area contributed by atoms with Crippen molar-refractivity contribution in [2.45, 2.75) is 32.2 Å². The summed E-state index contributed by atoms with van der Waals surface area (Å²) < 4.78 is 28.1. The molecule has 0 spiro atoms. The number of Topliss-reactive ketones (excluding diaryl/α,β-unsaturated/α-hetero) is 2. The molecule has 0 unspecified atom stereocenters. The minimum atomic E-state index is -1.89. The number of benzene rings is 1. The van der Waals surface area contributed by atoms with Crippen molar-refractivity contribution in [2.24, 2.45) is 0 Å². The lowest BCUT2D eigenvalue weighted by Gasteiger charge is -2.24. The fourth-order valence-electron chi connectivity index (χ4n) is 2.84. The second-order valence-electron chi connectivity index (χ2n) is 5.39. The van der Waals surface area contributed by atoms with Gasteiger partial charge in [0.1, 0.15) is 28.6 Å². The summed E-state index contributed by atoms with van der Waals surface area (Å²) in [5.74, 6) is -1.41. The van der Waals surface area contributed by atoms with E-state index in [9.17, 15) is 18.8 Å². The molecule has 0 radical (unpaired) electrons. The molecule has 1 aromatic heterocycles. The van der Waals surface area contributed by atoms with Crippen molar-refractivity contribution in [1.29, 1.82) is 0 Å². The van der Waals surface area contributed by atoms with Crippen molar-refractivity contribution in [3.05, 3.63) is 34.1 Å². The van der Waals surface area contributed by atoms with Crippen LogP contribution in [0.15, 0.2) is 16.9 Å².